The smallest absolute Gasteiger partial charge is 0.344 e. The molecule has 0 fully saturated rings. The summed E-state index contributed by atoms with van der Waals surface area (Å²) >= 11 is 0. The Kier molecular flexibility index (Phi) is 7.53. The number of para-hydroxylation sites is 1. The minimum Gasteiger partial charge on any atom is -0.481 e. The van der Waals surface area contributed by atoms with Crippen molar-refractivity contribution in [1.29, 1.82) is 0 Å². The summed E-state index contributed by atoms with van der Waals surface area (Å²) in [7, 11) is 0. The normalized spacial score (nSPS) is 11.7. The monoisotopic (exact) mass is 397 g/mol. The summed E-state index contributed by atoms with van der Waals surface area (Å²) < 4.78 is 10.8. The summed E-state index contributed by atoms with van der Waals surface area (Å²) in [5.41, 5.74) is 2.84. The highest BCUT2D eigenvalue weighted by atomic mass is 16.6. The van der Waals surface area contributed by atoms with Crippen LogP contribution in [0.25, 0.3) is 0 Å². The summed E-state index contributed by atoms with van der Waals surface area (Å²) in [4.78, 5) is 36.3. The van der Waals surface area contributed by atoms with Crippen molar-refractivity contribution in [3.05, 3.63) is 59.2 Å². The number of benzene rings is 2. The van der Waals surface area contributed by atoms with Crippen LogP contribution in [0, 0.1) is 19.8 Å². The van der Waals surface area contributed by atoms with Gasteiger partial charge in [-0.1, -0.05) is 32.0 Å². The van der Waals surface area contributed by atoms with Crippen LogP contribution in [0.15, 0.2) is 42.5 Å². The molecule has 2 aromatic carbocycles. The lowest BCUT2D eigenvalue weighted by Crippen LogP contribution is -2.27. The lowest BCUT2D eigenvalue weighted by atomic mass is 10.1. The molecule has 0 radical (unpaired) electrons. The fourth-order valence-corrected chi connectivity index (χ4v) is 2.68. The lowest BCUT2D eigenvalue weighted by molar-refractivity contribution is -0.148. The van der Waals surface area contributed by atoms with Gasteiger partial charge in [-0.15, -0.1) is 0 Å². The highest BCUT2D eigenvalue weighted by Gasteiger charge is 2.20. The van der Waals surface area contributed by atoms with Gasteiger partial charge < -0.3 is 14.8 Å². The van der Waals surface area contributed by atoms with E-state index in [0.29, 0.717) is 17.0 Å². The van der Waals surface area contributed by atoms with Crippen molar-refractivity contribution in [2.45, 2.75) is 40.7 Å². The molecule has 154 valence electrons. The molecular weight excluding hydrogens is 370 g/mol. The van der Waals surface area contributed by atoms with Crippen LogP contribution in [0.4, 0.5) is 5.69 Å². The maximum absolute atomic E-state index is 12.5. The number of hydrogen-bond acceptors (Lipinski definition) is 5. The SMILES string of the molecule is Cc1cccc(C)c1OCC(=O)O[C@H](C)C(=O)c1ccc(NC(=O)C(C)C)cc1. The van der Waals surface area contributed by atoms with Crippen LogP contribution in [-0.4, -0.2) is 30.4 Å². The van der Waals surface area contributed by atoms with Gasteiger partial charge >= 0.3 is 5.97 Å². The van der Waals surface area contributed by atoms with Crippen molar-refractivity contribution in [3.63, 3.8) is 0 Å². The van der Waals surface area contributed by atoms with E-state index in [0.717, 1.165) is 11.1 Å². The third-order valence-electron chi connectivity index (χ3n) is 4.38. The largest absolute Gasteiger partial charge is 0.481 e. The van der Waals surface area contributed by atoms with Crippen LogP contribution >= 0.6 is 0 Å². The first-order valence-corrected chi connectivity index (χ1v) is 9.52. The number of carbonyl (C=O) groups excluding carboxylic acids is 3. The number of Topliss-reactive ketones (excluding diaryl/α,β-unsaturated/α-hetero) is 1. The van der Waals surface area contributed by atoms with E-state index in [1.807, 2.05) is 32.0 Å². The summed E-state index contributed by atoms with van der Waals surface area (Å²) in [5, 5.41) is 2.76. The summed E-state index contributed by atoms with van der Waals surface area (Å²) in [6.07, 6.45) is -0.944. The molecule has 0 aliphatic heterocycles. The van der Waals surface area contributed by atoms with Crippen LogP contribution < -0.4 is 10.1 Å². The molecule has 0 spiro atoms. The molecule has 0 heterocycles. The number of nitrogens with one attached hydrogen (secondary N) is 1. The van der Waals surface area contributed by atoms with Gasteiger partial charge in [0.05, 0.1) is 0 Å². The Bertz CT molecular complexity index is 866. The molecule has 1 N–H and O–H groups in total. The zero-order valence-electron chi connectivity index (χ0n) is 17.4. The van der Waals surface area contributed by atoms with Gasteiger partial charge in [-0.3, -0.25) is 9.59 Å². The molecule has 0 saturated carbocycles. The van der Waals surface area contributed by atoms with Crippen LogP contribution in [0.5, 0.6) is 5.75 Å². The fourth-order valence-electron chi connectivity index (χ4n) is 2.68. The Labute approximate surface area is 171 Å². The summed E-state index contributed by atoms with van der Waals surface area (Å²) in [6, 6.07) is 12.2. The first kappa shape index (κ1) is 22.1. The highest BCUT2D eigenvalue weighted by molar-refractivity contribution is 6.01. The standard InChI is InChI=1S/C23H27NO5/c1-14(2)23(27)24-19-11-9-18(10-12-19)21(26)17(5)29-20(25)13-28-22-15(3)7-6-8-16(22)4/h6-12,14,17H,13H2,1-5H3,(H,24,27)/t17-/m1/s1. The van der Waals surface area contributed by atoms with E-state index < -0.39 is 12.1 Å². The molecule has 0 saturated heterocycles. The Hall–Kier alpha value is -3.15. The van der Waals surface area contributed by atoms with Crippen molar-refractivity contribution in [1.82, 2.24) is 0 Å². The van der Waals surface area contributed by atoms with Crippen molar-refractivity contribution >= 4 is 23.3 Å². The van der Waals surface area contributed by atoms with Crippen LogP contribution in [0.1, 0.15) is 42.3 Å². The van der Waals surface area contributed by atoms with Crippen molar-refractivity contribution in [3.8, 4) is 5.75 Å². The average Bonchev–Trinajstić information content (AvgIpc) is 2.67. The van der Waals surface area contributed by atoms with E-state index in [2.05, 4.69) is 5.32 Å². The van der Waals surface area contributed by atoms with Gasteiger partial charge in [-0.05, 0) is 56.2 Å². The summed E-state index contributed by atoms with van der Waals surface area (Å²) in [5.74, 6) is -0.541. The number of aryl methyl sites for hydroxylation is 2. The van der Waals surface area contributed by atoms with E-state index in [1.54, 1.807) is 38.1 Å². The first-order valence-electron chi connectivity index (χ1n) is 9.52. The van der Waals surface area contributed by atoms with E-state index in [-0.39, 0.29) is 24.2 Å². The predicted molar refractivity (Wildman–Crippen MR) is 111 cm³/mol. The van der Waals surface area contributed by atoms with Crippen LogP contribution in [-0.2, 0) is 14.3 Å². The molecule has 0 bridgehead atoms. The van der Waals surface area contributed by atoms with Crippen LogP contribution in [0.3, 0.4) is 0 Å². The van der Waals surface area contributed by atoms with E-state index in [4.69, 9.17) is 9.47 Å². The van der Waals surface area contributed by atoms with E-state index >= 15 is 0 Å². The Morgan fingerprint density at radius 1 is 0.931 bits per heavy atom. The predicted octanol–water partition coefficient (Wildman–Crippen LogP) is 4.09. The van der Waals surface area contributed by atoms with E-state index in [1.165, 1.54) is 6.92 Å². The van der Waals surface area contributed by atoms with Gasteiger partial charge in [0.15, 0.2) is 12.7 Å². The molecule has 1 atom stereocenters. The number of hydrogen-bond donors (Lipinski definition) is 1. The molecule has 6 heteroatoms. The minimum atomic E-state index is -0.944. The molecule has 0 aliphatic carbocycles. The maximum Gasteiger partial charge on any atom is 0.344 e. The van der Waals surface area contributed by atoms with Gasteiger partial charge in [0.25, 0.3) is 0 Å². The van der Waals surface area contributed by atoms with Gasteiger partial charge in [-0.2, -0.15) is 0 Å². The van der Waals surface area contributed by atoms with Crippen molar-refractivity contribution in [2.75, 3.05) is 11.9 Å². The number of anilines is 1. The van der Waals surface area contributed by atoms with Gasteiger partial charge in [0.2, 0.25) is 11.7 Å². The lowest BCUT2D eigenvalue weighted by Gasteiger charge is -2.15. The zero-order valence-corrected chi connectivity index (χ0v) is 17.4. The number of amides is 1. The van der Waals surface area contributed by atoms with Gasteiger partial charge in [0.1, 0.15) is 5.75 Å². The average molecular weight is 397 g/mol. The second-order valence-electron chi connectivity index (χ2n) is 7.23. The number of rotatable bonds is 8. The highest BCUT2D eigenvalue weighted by Crippen LogP contribution is 2.22. The molecular formula is C23H27NO5. The molecule has 6 nitrogen and oxygen atoms in total. The topological polar surface area (TPSA) is 81.7 Å². The molecule has 2 aromatic rings. The number of esters is 1. The number of carbonyl (C=O) groups is 3. The quantitative estimate of drug-likeness (QED) is 0.536. The van der Waals surface area contributed by atoms with Crippen molar-refractivity contribution in [2.24, 2.45) is 5.92 Å². The van der Waals surface area contributed by atoms with E-state index in [9.17, 15) is 14.4 Å². The zero-order chi connectivity index (χ0) is 21.6. The van der Waals surface area contributed by atoms with Gasteiger partial charge in [-0.25, -0.2) is 4.79 Å². The Morgan fingerprint density at radius 3 is 2.07 bits per heavy atom. The van der Waals surface area contributed by atoms with Crippen LogP contribution in [0.2, 0.25) is 0 Å². The minimum absolute atomic E-state index is 0.102. The Morgan fingerprint density at radius 2 is 1.52 bits per heavy atom. The third kappa shape index (κ3) is 6.17. The Balaban J connectivity index is 1.91. The number of ketones is 1. The second kappa shape index (κ2) is 9.87. The molecule has 0 aromatic heterocycles. The van der Waals surface area contributed by atoms with Crippen molar-refractivity contribution < 1.29 is 23.9 Å². The number of ether oxygens (including phenoxy) is 2. The molecule has 1 amide bonds. The third-order valence-corrected chi connectivity index (χ3v) is 4.38. The fraction of sp³-hybridized carbons (Fsp3) is 0.348. The molecule has 29 heavy (non-hydrogen) atoms. The maximum atomic E-state index is 12.5. The van der Waals surface area contributed by atoms with Gasteiger partial charge in [0, 0.05) is 17.2 Å². The summed E-state index contributed by atoms with van der Waals surface area (Å²) in [6.45, 7) is 8.64. The molecule has 0 unspecified atom stereocenters. The first-order chi connectivity index (χ1) is 13.7. The second-order valence-corrected chi connectivity index (χ2v) is 7.23. The molecule has 0 aliphatic rings. The molecule has 2 rings (SSSR count).